The third kappa shape index (κ3) is 1.71. The van der Waals surface area contributed by atoms with Crippen LogP contribution in [0, 0.1) is 0 Å². The van der Waals surface area contributed by atoms with Crippen LogP contribution >= 0.6 is 0 Å². The van der Waals surface area contributed by atoms with Crippen molar-refractivity contribution in [2.45, 2.75) is 6.92 Å². The SMILES string of the molecule is CCOc1cc2nccn2cc1C(=O)OC. The first-order valence-corrected chi connectivity index (χ1v) is 4.94. The summed E-state index contributed by atoms with van der Waals surface area (Å²) in [6.45, 7) is 2.34. The van der Waals surface area contributed by atoms with E-state index in [-0.39, 0.29) is 0 Å². The van der Waals surface area contributed by atoms with Gasteiger partial charge in [-0.25, -0.2) is 9.78 Å². The second-order valence-corrected chi connectivity index (χ2v) is 3.17. The molecule has 0 spiro atoms. The zero-order valence-electron chi connectivity index (χ0n) is 9.14. The van der Waals surface area contributed by atoms with E-state index in [1.807, 2.05) is 6.92 Å². The quantitative estimate of drug-likeness (QED) is 0.736. The third-order valence-electron chi connectivity index (χ3n) is 2.20. The van der Waals surface area contributed by atoms with Gasteiger partial charge in [0.25, 0.3) is 0 Å². The number of hydrogen-bond acceptors (Lipinski definition) is 4. The topological polar surface area (TPSA) is 52.8 Å². The van der Waals surface area contributed by atoms with Gasteiger partial charge in [0.15, 0.2) is 0 Å². The van der Waals surface area contributed by atoms with Crippen molar-refractivity contribution in [1.29, 1.82) is 0 Å². The largest absolute Gasteiger partial charge is 0.493 e. The van der Waals surface area contributed by atoms with Crippen LogP contribution in [-0.4, -0.2) is 29.1 Å². The predicted molar refractivity (Wildman–Crippen MR) is 57.7 cm³/mol. The molecule has 0 atom stereocenters. The molecule has 0 aromatic carbocycles. The fourth-order valence-electron chi connectivity index (χ4n) is 1.48. The van der Waals surface area contributed by atoms with Crippen LogP contribution in [0.5, 0.6) is 5.75 Å². The summed E-state index contributed by atoms with van der Waals surface area (Å²) in [7, 11) is 1.34. The number of pyridine rings is 1. The van der Waals surface area contributed by atoms with Crippen molar-refractivity contribution in [3.05, 3.63) is 30.2 Å². The molecular formula is C11H12N2O3. The lowest BCUT2D eigenvalue weighted by molar-refractivity contribution is 0.0595. The number of nitrogens with zero attached hydrogens (tertiary/aromatic N) is 2. The van der Waals surface area contributed by atoms with E-state index in [1.165, 1.54) is 7.11 Å². The number of esters is 1. The van der Waals surface area contributed by atoms with Gasteiger partial charge in [-0.3, -0.25) is 0 Å². The maximum Gasteiger partial charge on any atom is 0.343 e. The average Bonchev–Trinajstić information content (AvgIpc) is 2.74. The van der Waals surface area contributed by atoms with E-state index >= 15 is 0 Å². The van der Waals surface area contributed by atoms with Gasteiger partial charge in [-0.2, -0.15) is 0 Å². The summed E-state index contributed by atoms with van der Waals surface area (Å²) >= 11 is 0. The van der Waals surface area contributed by atoms with Crippen LogP contribution in [0.4, 0.5) is 0 Å². The number of methoxy groups -OCH3 is 1. The van der Waals surface area contributed by atoms with E-state index in [2.05, 4.69) is 4.98 Å². The molecule has 16 heavy (non-hydrogen) atoms. The summed E-state index contributed by atoms with van der Waals surface area (Å²) < 4.78 is 11.8. The minimum Gasteiger partial charge on any atom is -0.493 e. The third-order valence-corrected chi connectivity index (χ3v) is 2.20. The average molecular weight is 220 g/mol. The highest BCUT2D eigenvalue weighted by Gasteiger charge is 2.14. The molecule has 2 rings (SSSR count). The highest BCUT2D eigenvalue weighted by molar-refractivity contribution is 5.92. The van der Waals surface area contributed by atoms with Crippen LogP contribution < -0.4 is 4.74 Å². The molecule has 0 bridgehead atoms. The number of carbonyl (C=O) groups is 1. The molecule has 2 aromatic rings. The monoisotopic (exact) mass is 220 g/mol. The molecule has 0 radical (unpaired) electrons. The maximum atomic E-state index is 11.5. The molecule has 0 saturated carbocycles. The molecule has 0 N–H and O–H groups in total. The van der Waals surface area contributed by atoms with Gasteiger partial charge in [0.2, 0.25) is 0 Å². The fourth-order valence-corrected chi connectivity index (χ4v) is 1.48. The minimum absolute atomic E-state index is 0.398. The summed E-state index contributed by atoms with van der Waals surface area (Å²) in [5, 5.41) is 0. The van der Waals surface area contributed by atoms with E-state index in [4.69, 9.17) is 9.47 Å². The zero-order valence-corrected chi connectivity index (χ0v) is 9.14. The van der Waals surface area contributed by atoms with Gasteiger partial charge in [0, 0.05) is 24.7 Å². The first kappa shape index (κ1) is 10.5. The summed E-state index contributed by atoms with van der Waals surface area (Å²) in [5.74, 6) is 0.0760. The first-order valence-electron chi connectivity index (χ1n) is 4.94. The zero-order chi connectivity index (χ0) is 11.5. The van der Waals surface area contributed by atoms with Crippen molar-refractivity contribution >= 4 is 11.6 Å². The Morgan fingerprint density at radius 1 is 1.56 bits per heavy atom. The molecule has 0 amide bonds. The number of carbonyl (C=O) groups excluding carboxylic acids is 1. The van der Waals surface area contributed by atoms with Crippen LogP contribution in [0.15, 0.2) is 24.7 Å². The van der Waals surface area contributed by atoms with Gasteiger partial charge < -0.3 is 13.9 Å². The normalized spacial score (nSPS) is 10.4. The van der Waals surface area contributed by atoms with Gasteiger partial charge >= 0.3 is 5.97 Å². The van der Waals surface area contributed by atoms with E-state index in [0.717, 1.165) is 5.65 Å². The number of fused-ring (bicyclic) bond motifs is 1. The lowest BCUT2D eigenvalue weighted by Crippen LogP contribution is -2.07. The fraction of sp³-hybridized carbons (Fsp3) is 0.273. The van der Waals surface area contributed by atoms with E-state index in [0.29, 0.717) is 17.9 Å². The Balaban J connectivity index is 2.57. The molecule has 2 aromatic heterocycles. The summed E-state index contributed by atoms with van der Waals surface area (Å²) in [4.78, 5) is 15.7. The molecule has 2 heterocycles. The predicted octanol–water partition coefficient (Wildman–Crippen LogP) is 1.52. The second-order valence-electron chi connectivity index (χ2n) is 3.17. The number of hydrogen-bond donors (Lipinski definition) is 0. The Hall–Kier alpha value is -2.04. The van der Waals surface area contributed by atoms with Crippen LogP contribution in [-0.2, 0) is 4.74 Å². The maximum absolute atomic E-state index is 11.5. The van der Waals surface area contributed by atoms with E-state index < -0.39 is 5.97 Å². The lowest BCUT2D eigenvalue weighted by Gasteiger charge is -2.09. The Morgan fingerprint density at radius 3 is 3.06 bits per heavy atom. The molecule has 5 heteroatoms. The van der Waals surface area contributed by atoms with E-state index in [9.17, 15) is 4.79 Å². The first-order chi connectivity index (χ1) is 7.76. The Morgan fingerprint density at radius 2 is 2.38 bits per heavy atom. The van der Waals surface area contributed by atoms with E-state index in [1.54, 1.807) is 29.1 Å². The lowest BCUT2D eigenvalue weighted by atomic mass is 10.2. The Labute approximate surface area is 92.6 Å². The number of aromatic nitrogens is 2. The Bertz CT molecular complexity index is 519. The van der Waals surface area contributed by atoms with Crippen molar-refractivity contribution in [3.63, 3.8) is 0 Å². The number of imidazole rings is 1. The van der Waals surface area contributed by atoms with Crippen LogP contribution in [0.25, 0.3) is 5.65 Å². The minimum atomic E-state index is -0.418. The van der Waals surface area contributed by atoms with Crippen molar-refractivity contribution in [3.8, 4) is 5.75 Å². The molecule has 0 unspecified atom stereocenters. The smallest absolute Gasteiger partial charge is 0.343 e. The summed E-state index contributed by atoms with van der Waals surface area (Å²) in [6, 6.07) is 1.72. The van der Waals surface area contributed by atoms with Gasteiger partial charge in [-0.1, -0.05) is 0 Å². The Kier molecular flexibility index (Phi) is 2.76. The van der Waals surface area contributed by atoms with Gasteiger partial charge in [-0.05, 0) is 6.92 Å². The van der Waals surface area contributed by atoms with Crippen molar-refractivity contribution < 1.29 is 14.3 Å². The van der Waals surface area contributed by atoms with Crippen molar-refractivity contribution in [1.82, 2.24) is 9.38 Å². The highest BCUT2D eigenvalue weighted by Crippen LogP contribution is 2.21. The molecular weight excluding hydrogens is 208 g/mol. The summed E-state index contributed by atoms with van der Waals surface area (Å²) in [5.41, 5.74) is 1.13. The highest BCUT2D eigenvalue weighted by atomic mass is 16.5. The number of ether oxygens (including phenoxy) is 2. The van der Waals surface area contributed by atoms with Crippen molar-refractivity contribution in [2.24, 2.45) is 0 Å². The molecule has 84 valence electrons. The molecule has 0 aliphatic rings. The van der Waals surface area contributed by atoms with Gasteiger partial charge in [-0.15, -0.1) is 0 Å². The molecule has 0 fully saturated rings. The van der Waals surface area contributed by atoms with Crippen molar-refractivity contribution in [2.75, 3.05) is 13.7 Å². The number of rotatable bonds is 3. The van der Waals surface area contributed by atoms with Crippen LogP contribution in [0.1, 0.15) is 17.3 Å². The van der Waals surface area contributed by atoms with Gasteiger partial charge in [0.1, 0.15) is 17.0 Å². The molecule has 0 aliphatic carbocycles. The molecule has 5 nitrogen and oxygen atoms in total. The van der Waals surface area contributed by atoms with Crippen LogP contribution in [0.2, 0.25) is 0 Å². The molecule has 0 saturated heterocycles. The standard InChI is InChI=1S/C11H12N2O3/c1-3-16-9-6-10-12-4-5-13(10)7-8(9)11(14)15-2/h4-7H,3H2,1-2H3. The summed E-state index contributed by atoms with van der Waals surface area (Å²) in [6.07, 6.45) is 5.07. The van der Waals surface area contributed by atoms with Gasteiger partial charge in [0.05, 0.1) is 13.7 Å². The van der Waals surface area contributed by atoms with Crippen LogP contribution in [0.3, 0.4) is 0 Å². The second kappa shape index (κ2) is 4.22. The molecule has 0 aliphatic heterocycles.